The van der Waals surface area contributed by atoms with Gasteiger partial charge in [0.1, 0.15) is 11.4 Å². The van der Waals surface area contributed by atoms with Crippen LogP contribution in [0.1, 0.15) is 40.0 Å². The number of carbonyl (C=O) groups is 1. The van der Waals surface area contributed by atoms with E-state index in [1.807, 2.05) is 0 Å². The zero-order valence-electron chi connectivity index (χ0n) is 11.9. The Bertz CT molecular complexity index is 528. The highest BCUT2D eigenvalue weighted by atomic mass is 32.2. The summed E-state index contributed by atoms with van der Waals surface area (Å²) in [6, 6.07) is 0. The largest absolute Gasteiger partial charge is 0.534 e. The van der Waals surface area contributed by atoms with Gasteiger partial charge in [-0.05, 0) is 39.7 Å². The molecule has 0 saturated heterocycles. The Hall–Kier alpha value is -1.25. The molecule has 0 aromatic heterocycles. The van der Waals surface area contributed by atoms with Crippen LogP contribution in [0, 0.1) is 5.92 Å². The maximum atomic E-state index is 12.2. The zero-order valence-corrected chi connectivity index (χ0v) is 12.7. The molecule has 1 aliphatic rings. The van der Waals surface area contributed by atoms with Crippen LogP contribution < -0.4 is 0 Å². The molecule has 0 saturated carbocycles. The molecule has 1 atom stereocenters. The van der Waals surface area contributed by atoms with Crippen molar-refractivity contribution in [3.63, 3.8) is 0 Å². The van der Waals surface area contributed by atoms with E-state index in [4.69, 9.17) is 4.74 Å². The molecule has 0 aromatic rings. The molecular weight excluding hydrogens is 313 g/mol. The number of ether oxygens (including phenoxy) is 1. The number of halogens is 3. The molecule has 5 nitrogen and oxygen atoms in total. The van der Waals surface area contributed by atoms with E-state index in [1.54, 1.807) is 20.8 Å². The maximum Gasteiger partial charge on any atom is 0.534 e. The topological polar surface area (TPSA) is 69.7 Å². The van der Waals surface area contributed by atoms with Gasteiger partial charge in [0, 0.05) is 6.42 Å². The van der Waals surface area contributed by atoms with Gasteiger partial charge in [0.05, 0.1) is 5.92 Å². The van der Waals surface area contributed by atoms with Gasteiger partial charge in [0.15, 0.2) is 0 Å². The molecule has 1 aliphatic carbocycles. The lowest BCUT2D eigenvalue weighted by Crippen LogP contribution is -2.30. The van der Waals surface area contributed by atoms with Crippen molar-refractivity contribution in [2.45, 2.75) is 51.1 Å². The van der Waals surface area contributed by atoms with Crippen LogP contribution in [-0.2, 0) is 23.8 Å². The first-order valence-corrected chi connectivity index (χ1v) is 7.65. The van der Waals surface area contributed by atoms with Gasteiger partial charge in [-0.2, -0.15) is 21.6 Å². The zero-order chi connectivity index (χ0) is 16.5. The monoisotopic (exact) mass is 330 g/mol. The van der Waals surface area contributed by atoms with Crippen molar-refractivity contribution < 1.29 is 35.3 Å². The van der Waals surface area contributed by atoms with Gasteiger partial charge in [0.2, 0.25) is 0 Å². The van der Waals surface area contributed by atoms with Gasteiger partial charge in [-0.25, -0.2) is 0 Å². The smallest absolute Gasteiger partial charge is 0.460 e. The summed E-state index contributed by atoms with van der Waals surface area (Å²) in [6.07, 6.45) is 1.37. The van der Waals surface area contributed by atoms with Crippen LogP contribution in [-0.4, -0.2) is 25.5 Å². The summed E-state index contributed by atoms with van der Waals surface area (Å²) in [6.45, 7) is 5.11. The fourth-order valence-electron chi connectivity index (χ4n) is 1.67. The van der Waals surface area contributed by atoms with Gasteiger partial charge < -0.3 is 8.92 Å². The normalized spacial score (nSPS) is 20.7. The van der Waals surface area contributed by atoms with E-state index in [2.05, 4.69) is 4.18 Å². The van der Waals surface area contributed by atoms with Crippen molar-refractivity contribution in [3.05, 3.63) is 11.8 Å². The summed E-state index contributed by atoms with van der Waals surface area (Å²) in [4.78, 5) is 11.8. The molecule has 122 valence electrons. The van der Waals surface area contributed by atoms with Gasteiger partial charge in [0.25, 0.3) is 0 Å². The second kappa shape index (κ2) is 5.86. The second-order valence-electron chi connectivity index (χ2n) is 5.66. The first-order chi connectivity index (χ1) is 9.32. The molecule has 0 heterocycles. The number of allylic oxidation sites excluding steroid dienone is 2. The number of hydrogen-bond donors (Lipinski definition) is 0. The highest BCUT2D eigenvalue weighted by Crippen LogP contribution is 2.32. The molecule has 0 radical (unpaired) electrons. The summed E-state index contributed by atoms with van der Waals surface area (Å²) in [5.74, 6) is -1.27. The third kappa shape index (κ3) is 5.22. The number of alkyl halides is 3. The molecule has 21 heavy (non-hydrogen) atoms. The van der Waals surface area contributed by atoms with Crippen LogP contribution in [0.15, 0.2) is 11.8 Å². The Balaban J connectivity index is 2.65. The Morgan fingerprint density at radius 3 is 2.24 bits per heavy atom. The quantitative estimate of drug-likeness (QED) is 0.452. The fraction of sp³-hybridized carbons (Fsp3) is 0.750. The number of carbonyl (C=O) groups excluding carboxylic acids is 1. The Morgan fingerprint density at radius 2 is 1.86 bits per heavy atom. The summed E-state index contributed by atoms with van der Waals surface area (Å²) >= 11 is 0. The van der Waals surface area contributed by atoms with E-state index in [-0.39, 0.29) is 25.0 Å². The number of esters is 1. The molecule has 0 spiro atoms. The van der Waals surface area contributed by atoms with E-state index in [0.717, 1.165) is 0 Å². The van der Waals surface area contributed by atoms with E-state index in [1.165, 1.54) is 6.08 Å². The van der Waals surface area contributed by atoms with Crippen LogP contribution in [0.2, 0.25) is 0 Å². The summed E-state index contributed by atoms with van der Waals surface area (Å²) in [5, 5.41) is 0. The lowest BCUT2D eigenvalue weighted by atomic mass is 9.93. The number of hydrogen-bond acceptors (Lipinski definition) is 5. The van der Waals surface area contributed by atoms with Gasteiger partial charge in [-0.3, -0.25) is 4.79 Å². The van der Waals surface area contributed by atoms with Crippen molar-refractivity contribution in [3.8, 4) is 0 Å². The predicted octanol–water partition coefficient (Wildman–Crippen LogP) is 2.88. The molecular formula is C12H17F3O5S. The third-order valence-electron chi connectivity index (χ3n) is 2.61. The van der Waals surface area contributed by atoms with Gasteiger partial charge in [-0.15, -0.1) is 0 Å². The molecule has 0 N–H and O–H groups in total. The van der Waals surface area contributed by atoms with E-state index in [9.17, 15) is 26.4 Å². The molecule has 0 aliphatic heterocycles. The first-order valence-electron chi connectivity index (χ1n) is 6.24. The van der Waals surface area contributed by atoms with Crippen molar-refractivity contribution in [1.82, 2.24) is 0 Å². The molecule has 0 aromatic carbocycles. The average Bonchev–Trinajstić information content (AvgIpc) is 2.25. The fourth-order valence-corrected chi connectivity index (χ4v) is 2.20. The molecule has 9 heteroatoms. The maximum absolute atomic E-state index is 12.2. The minimum atomic E-state index is -5.65. The molecule has 0 amide bonds. The van der Waals surface area contributed by atoms with Crippen LogP contribution in [0.25, 0.3) is 0 Å². The highest BCUT2D eigenvalue weighted by molar-refractivity contribution is 7.87. The lowest BCUT2D eigenvalue weighted by Gasteiger charge is -2.25. The van der Waals surface area contributed by atoms with Crippen LogP contribution >= 0.6 is 0 Å². The highest BCUT2D eigenvalue weighted by Gasteiger charge is 2.49. The molecule has 1 rings (SSSR count). The third-order valence-corrected chi connectivity index (χ3v) is 3.61. The Labute approximate surface area is 121 Å². The average molecular weight is 330 g/mol. The summed E-state index contributed by atoms with van der Waals surface area (Å²) in [5.41, 5.74) is -6.12. The standard InChI is InChI=1S/C12H17F3O5S/c1-11(2,3)19-10(16)8-4-6-9(7-5-8)20-21(17,18)12(13,14)15/h6,8H,4-5,7H2,1-3H3. The summed E-state index contributed by atoms with van der Waals surface area (Å²) < 4.78 is 67.4. The van der Waals surface area contributed by atoms with Crippen LogP contribution in [0.5, 0.6) is 0 Å². The van der Waals surface area contributed by atoms with Crippen molar-refractivity contribution >= 4 is 16.1 Å². The predicted molar refractivity (Wildman–Crippen MR) is 67.3 cm³/mol. The Morgan fingerprint density at radius 1 is 1.29 bits per heavy atom. The molecule has 0 fully saturated rings. The lowest BCUT2D eigenvalue weighted by molar-refractivity contribution is -0.160. The van der Waals surface area contributed by atoms with E-state index < -0.39 is 33.1 Å². The molecule has 0 bridgehead atoms. The Kier molecular flexibility index (Phi) is 4.97. The summed E-state index contributed by atoms with van der Waals surface area (Å²) in [7, 11) is -5.65. The van der Waals surface area contributed by atoms with Gasteiger partial charge >= 0.3 is 21.6 Å². The first kappa shape index (κ1) is 17.8. The van der Waals surface area contributed by atoms with Crippen molar-refractivity contribution in [2.24, 2.45) is 5.92 Å². The van der Waals surface area contributed by atoms with Crippen molar-refractivity contribution in [2.75, 3.05) is 0 Å². The number of rotatable bonds is 3. The van der Waals surface area contributed by atoms with Crippen molar-refractivity contribution in [1.29, 1.82) is 0 Å². The van der Waals surface area contributed by atoms with Crippen LogP contribution in [0.3, 0.4) is 0 Å². The van der Waals surface area contributed by atoms with E-state index >= 15 is 0 Å². The van der Waals surface area contributed by atoms with E-state index in [0.29, 0.717) is 0 Å². The SMILES string of the molecule is CC(C)(C)OC(=O)C1CC=C(OS(=O)(=O)C(F)(F)F)CC1. The van der Waals surface area contributed by atoms with Crippen LogP contribution in [0.4, 0.5) is 13.2 Å². The second-order valence-corrected chi connectivity index (χ2v) is 7.20. The minimum absolute atomic E-state index is 0.0702. The van der Waals surface area contributed by atoms with Gasteiger partial charge in [-0.1, -0.05) is 0 Å². The molecule has 1 unspecified atom stereocenters. The minimum Gasteiger partial charge on any atom is -0.460 e.